The highest BCUT2D eigenvalue weighted by Crippen LogP contribution is 2.28. The molecule has 1 aromatic carbocycles. The van der Waals surface area contributed by atoms with Crippen LogP contribution in [0.25, 0.3) is 0 Å². The summed E-state index contributed by atoms with van der Waals surface area (Å²) in [6.45, 7) is 8.35. The molecule has 0 spiro atoms. The van der Waals surface area contributed by atoms with Crippen LogP contribution in [-0.2, 0) is 0 Å². The number of carbonyl (C=O) groups is 1. The van der Waals surface area contributed by atoms with Gasteiger partial charge in [-0.15, -0.1) is 0 Å². The van der Waals surface area contributed by atoms with E-state index in [0.717, 1.165) is 5.69 Å². The smallest absolute Gasteiger partial charge is 0.335 e. The van der Waals surface area contributed by atoms with Gasteiger partial charge in [0.1, 0.15) is 0 Å². The van der Waals surface area contributed by atoms with Crippen LogP contribution >= 0.6 is 0 Å². The van der Waals surface area contributed by atoms with Crippen LogP contribution in [0.4, 0.5) is 11.4 Å². The molecular weight excluding hydrogens is 216 g/mol. The van der Waals surface area contributed by atoms with Crippen LogP contribution in [0.2, 0.25) is 0 Å². The minimum atomic E-state index is -0.955. The maximum absolute atomic E-state index is 10.8. The monoisotopic (exact) mass is 236 g/mol. The largest absolute Gasteiger partial charge is 0.478 e. The minimum Gasteiger partial charge on any atom is -0.478 e. The summed E-state index contributed by atoms with van der Waals surface area (Å²) < 4.78 is 0. The molecule has 0 aromatic heterocycles. The van der Waals surface area contributed by atoms with Crippen LogP contribution < -0.4 is 10.6 Å². The fourth-order valence-corrected chi connectivity index (χ4v) is 2.08. The first-order valence-corrected chi connectivity index (χ1v) is 5.75. The molecule has 1 aromatic rings. The number of nitrogen functional groups attached to an aromatic ring is 1. The summed E-state index contributed by atoms with van der Waals surface area (Å²) >= 11 is 0. The molecule has 0 heterocycles. The first-order chi connectivity index (χ1) is 7.84. The highest BCUT2D eigenvalue weighted by molar-refractivity contribution is 5.90. The van der Waals surface area contributed by atoms with Crippen LogP contribution in [-0.4, -0.2) is 23.2 Å². The molecule has 0 saturated carbocycles. The number of aromatic carboxylic acids is 1. The summed E-state index contributed by atoms with van der Waals surface area (Å²) in [7, 11) is 0. The quantitative estimate of drug-likeness (QED) is 0.788. The highest BCUT2D eigenvalue weighted by atomic mass is 16.4. The normalized spacial score (nSPS) is 10.9. The Kier molecular flexibility index (Phi) is 3.99. The van der Waals surface area contributed by atoms with E-state index in [-0.39, 0.29) is 5.56 Å². The Labute approximate surface area is 102 Å². The second kappa shape index (κ2) is 5.08. The second-order valence-electron chi connectivity index (χ2n) is 4.67. The van der Waals surface area contributed by atoms with Crippen molar-refractivity contribution in [3.05, 3.63) is 23.8 Å². The lowest BCUT2D eigenvalue weighted by atomic mass is 10.1. The molecule has 0 bridgehead atoms. The molecule has 3 N–H and O–H groups in total. The lowest BCUT2D eigenvalue weighted by molar-refractivity contribution is 0.0697. The van der Waals surface area contributed by atoms with Crippen molar-refractivity contribution in [2.24, 2.45) is 0 Å². The van der Waals surface area contributed by atoms with Gasteiger partial charge in [-0.1, -0.05) is 0 Å². The van der Waals surface area contributed by atoms with Crippen molar-refractivity contribution in [2.45, 2.75) is 39.8 Å². The van der Waals surface area contributed by atoms with Gasteiger partial charge in [-0.05, 0) is 45.9 Å². The summed E-state index contributed by atoms with van der Waals surface area (Å²) in [5, 5.41) is 8.89. The highest BCUT2D eigenvalue weighted by Gasteiger charge is 2.17. The third-order valence-corrected chi connectivity index (χ3v) is 2.67. The number of rotatable bonds is 4. The van der Waals surface area contributed by atoms with E-state index in [1.165, 1.54) is 6.07 Å². The minimum absolute atomic E-state index is 0.221. The van der Waals surface area contributed by atoms with Crippen molar-refractivity contribution in [2.75, 3.05) is 10.6 Å². The van der Waals surface area contributed by atoms with Gasteiger partial charge >= 0.3 is 5.97 Å². The molecular formula is C13H20N2O2. The molecule has 94 valence electrons. The fraction of sp³-hybridized carbons (Fsp3) is 0.462. The zero-order chi connectivity index (χ0) is 13.2. The van der Waals surface area contributed by atoms with E-state index in [1.807, 2.05) is 0 Å². The Morgan fingerprint density at radius 3 is 2.12 bits per heavy atom. The van der Waals surface area contributed by atoms with Crippen LogP contribution in [0.5, 0.6) is 0 Å². The first kappa shape index (κ1) is 13.4. The van der Waals surface area contributed by atoms with Crippen LogP contribution in [0, 0.1) is 0 Å². The number of hydrogen-bond donors (Lipinski definition) is 2. The van der Waals surface area contributed by atoms with Crippen molar-refractivity contribution in [3.8, 4) is 0 Å². The average Bonchev–Trinajstić information content (AvgIpc) is 2.19. The second-order valence-corrected chi connectivity index (χ2v) is 4.67. The lowest BCUT2D eigenvalue weighted by Crippen LogP contribution is -2.37. The van der Waals surface area contributed by atoms with E-state index >= 15 is 0 Å². The summed E-state index contributed by atoms with van der Waals surface area (Å²) in [6, 6.07) is 5.50. The number of nitrogens with zero attached hydrogens (tertiary/aromatic N) is 1. The maximum atomic E-state index is 10.8. The first-order valence-electron chi connectivity index (χ1n) is 5.75. The molecule has 4 nitrogen and oxygen atoms in total. The third kappa shape index (κ3) is 2.90. The predicted octanol–water partition coefficient (Wildman–Crippen LogP) is 2.59. The number of benzene rings is 1. The zero-order valence-corrected chi connectivity index (χ0v) is 10.8. The topological polar surface area (TPSA) is 66.6 Å². The van der Waals surface area contributed by atoms with Gasteiger partial charge in [0.25, 0.3) is 0 Å². The summed E-state index contributed by atoms with van der Waals surface area (Å²) in [5.41, 5.74) is 7.55. The number of hydrogen-bond acceptors (Lipinski definition) is 3. The maximum Gasteiger partial charge on any atom is 0.335 e. The predicted molar refractivity (Wildman–Crippen MR) is 70.6 cm³/mol. The van der Waals surface area contributed by atoms with Crippen LogP contribution in [0.15, 0.2) is 18.2 Å². The SMILES string of the molecule is CC(C)N(c1ccc(C(=O)O)cc1N)C(C)C. The lowest BCUT2D eigenvalue weighted by Gasteiger charge is -2.34. The molecule has 1 rings (SSSR count). The Bertz CT molecular complexity index is 406. The molecule has 0 saturated heterocycles. The van der Waals surface area contributed by atoms with E-state index in [0.29, 0.717) is 17.8 Å². The summed E-state index contributed by atoms with van der Waals surface area (Å²) in [6.07, 6.45) is 0. The molecule has 0 atom stereocenters. The van der Waals surface area contributed by atoms with Crippen molar-refractivity contribution in [1.82, 2.24) is 0 Å². The van der Waals surface area contributed by atoms with Gasteiger partial charge in [0.15, 0.2) is 0 Å². The van der Waals surface area contributed by atoms with E-state index in [4.69, 9.17) is 10.8 Å². The van der Waals surface area contributed by atoms with E-state index in [1.54, 1.807) is 12.1 Å². The standard InChI is InChI=1S/C13H20N2O2/c1-8(2)15(9(3)4)12-6-5-10(13(16)17)7-11(12)14/h5-9H,14H2,1-4H3,(H,16,17). The van der Waals surface area contributed by atoms with Crippen molar-refractivity contribution in [3.63, 3.8) is 0 Å². The van der Waals surface area contributed by atoms with Crippen molar-refractivity contribution in [1.29, 1.82) is 0 Å². The van der Waals surface area contributed by atoms with E-state index in [9.17, 15) is 4.79 Å². The van der Waals surface area contributed by atoms with Crippen LogP contribution in [0.1, 0.15) is 38.1 Å². The summed E-state index contributed by atoms with van der Waals surface area (Å²) in [5.74, 6) is -0.955. The molecule has 0 amide bonds. The van der Waals surface area contributed by atoms with Crippen molar-refractivity contribution < 1.29 is 9.90 Å². The third-order valence-electron chi connectivity index (χ3n) is 2.67. The molecule has 0 radical (unpaired) electrons. The van der Waals surface area contributed by atoms with Crippen LogP contribution in [0.3, 0.4) is 0 Å². The van der Waals surface area contributed by atoms with E-state index < -0.39 is 5.97 Å². The average molecular weight is 236 g/mol. The van der Waals surface area contributed by atoms with Gasteiger partial charge in [-0.2, -0.15) is 0 Å². The Morgan fingerprint density at radius 1 is 1.24 bits per heavy atom. The molecule has 4 heteroatoms. The molecule has 0 aliphatic heterocycles. The Hall–Kier alpha value is -1.71. The Morgan fingerprint density at radius 2 is 1.76 bits per heavy atom. The van der Waals surface area contributed by atoms with Gasteiger partial charge in [-0.25, -0.2) is 4.79 Å². The number of nitrogens with two attached hydrogens (primary N) is 1. The number of carboxylic acid groups (broad SMARTS) is 1. The van der Waals surface area contributed by atoms with Crippen molar-refractivity contribution >= 4 is 17.3 Å². The van der Waals surface area contributed by atoms with Gasteiger partial charge in [0.2, 0.25) is 0 Å². The van der Waals surface area contributed by atoms with Gasteiger partial charge < -0.3 is 15.7 Å². The molecule has 0 unspecified atom stereocenters. The van der Waals surface area contributed by atoms with Gasteiger partial charge in [0.05, 0.1) is 16.9 Å². The number of anilines is 2. The van der Waals surface area contributed by atoms with Gasteiger partial charge in [0, 0.05) is 12.1 Å². The number of carboxylic acids is 1. The molecule has 17 heavy (non-hydrogen) atoms. The summed E-state index contributed by atoms with van der Waals surface area (Å²) in [4.78, 5) is 13.0. The van der Waals surface area contributed by atoms with Gasteiger partial charge in [-0.3, -0.25) is 0 Å². The zero-order valence-electron chi connectivity index (χ0n) is 10.8. The molecule has 0 aliphatic rings. The van der Waals surface area contributed by atoms with E-state index in [2.05, 4.69) is 32.6 Å². The molecule has 0 fully saturated rings. The molecule has 0 aliphatic carbocycles. The Balaban J connectivity index is 3.18. The fourth-order valence-electron chi connectivity index (χ4n) is 2.08.